The first-order valence-corrected chi connectivity index (χ1v) is 7.14. The first kappa shape index (κ1) is 13.8. The number of hydrogen-bond acceptors (Lipinski definition) is 4. The summed E-state index contributed by atoms with van der Waals surface area (Å²) in [6.45, 7) is 3.43. The molecule has 5 heteroatoms. The first-order valence-electron chi connectivity index (χ1n) is 7.14. The zero-order valence-corrected chi connectivity index (χ0v) is 11.9. The summed E-state index contributed by atoms with van der Waals surface area (Å²) in [5, 5.41) is 13.5. The SMILES string of the molecule is Cc1cc(NCC2CCCO2)c2cccc(C(=O)O)c2n1. The molecule has 110 valence electrons. The maximum Gasteiger partial charge on any atom is 0.337 e. The number of nitrogens with zero attached hydrogens (tertiary/aromatic N) is 1. The molecule has 5 nitrogen and oxygen atoms in total. The van der Waals surface area contributed by atoms with Crippen LogP contribution in [-0.4, -0.2) is 35.3 Å². The number of carboxylic acids is 1. The zero-order valence-electron chi connectivity index (χ0n) is 11.9. The molecule has 1 aromatic carbocycles. The third-order valence-corrected chi connectivity index (χ3v) is 3.74. The molecular weight excluding hydrogens is 268 g/mol. The van der Waals surface area contributed by atoms with Gasteiger partial charge in [0.15, 0.2) is 0 Å². The number of ether oxygens (including phenoxy) is 1. The topological polar surface area (TPSA) is 71.5 Å². The molecule has 3 rings (SSSR count). The molecule has 0 amide bonds. The van der Waals surface area contributed by atoms with Crippen molar-refractivity contribution >= 4 is 22.6 Å². The highest BCUT2D eigenvalue weighted by atomic mass is 16.5. The van der Waals surface area contributed by atoms with Crippen molar-refractivity contribution in [2.24, 2.45) is 0 Å². The quantitative estimate of drug-likeness (QED) is 0.904. The Hall–Kier alpha value is -2.14. The average molecular weight is 286 g/mol. The molecule has 1 unspecified atom stereocenters. The number of nitrogens with one attached hydrogen (secondary N) is 1. The lowest BCUT2D eigenvalue weighted by Crippen LogP contribution is -2.18. The number of carbonyl (C=O) groups is 1. The number of aromatic nitrogens is 1. The third-order valence-electron chi connectivity index (χ3n) is 3.74. The number of aromatic carboxylic acids is 1. The second-order valence-electron chi connectivity index (χ2n) is 5.33. The molecule has 0 radical (unpaired) electrons. The summed E-state index contributed by atoms with van der Waals surface area (Å²) in [7, 11) is 0. The first-order chi connectivity index (χ1) is 10.1. The molecule has 0 aliphatic carbocycles. The minimum absolute atomic E-state index is 0.233. The van der Waals surface area contributed by atoms with Crippen LogP contribution in [0.2, 0.25) is 0 Å². The van der Waals surface area contributed by atoms with Gasteiger partial charge in [-0.15, -0.1) is 0 Å². The maximum atomic E-state index is 11.3. The summed E-state index contributed by atoms with van der Waals surface area (Å²) in [6, 6.07) is 7.18. The highest BCUT2D eigenvalue weighted by Gasteiger charge is 2.17. The molecule has 1 aromatic heterocycles. The van der Waals surface area contributed by atoms with Crippen LogP contribution in [0.25, 0.3) is 10.9 Å². The van der Waals surface area contributed by atoms with Crippen LogP contribution < -0.4 is 5.32 Å². The van der Waals surface area contributed by atoms with E-state index in [0.29, 0.717) is 5.52 Å². The van der Waals surface area contributed by atoms with Gasteiger partial charge < -0.3 is 15.2 Å². The van der Waals surface area contributed by atoms with Gasteiger partial charge in [0.1, 0.15) is 0 Å². The molecule has 0 saturated carbocycles. The molecule has 2 N–H and O–H groups in total. The lowest BCUT2D eigenvalue weighted by Gasteiger charge is -2.15. The molecular formula is C16H18N2O3. The van der Waals surface area contributed by atoms with Crippen molar-refractivity contribution in [2.75, 3.05) is 18.5 Å². The minimum atomic E-state index is -0.955. The van der Waals surface area contributed by atoms with Gasteiger partial charge in [0.05, 0.1) is 17.2 Å². The molecule has 2 heterocycles. The molecule has 0 bridgehead atoms. The highest BCUT2D eigenvalue weighted by Crippen LogP contribution is 2.26. The lowest BCUT2D eigenvalue weighted by molar-refractivity contribution is 0.0699. The molecule has 2 aromatic rings. The zero-order chi connectivity index (χ0) is 14.8. The van der Waals surface area contributed by atoms with Crippen molar-refractivity contribution in [3.63, 3.8) is 0 Å². The van der Waals surface area contributed by atoms with Crippen LogP contribution in [0.5, 0.6) is 0 Å². The maximum absolute atomic E-state index is 11.3. The Morgan fingerprint density at radius 3 is 3.10 bits per heavy atom. The van der Waals surface area contributed by atoms with E-state index in [1.807, 2.05) is 19.1 Å². The highest BCUT2D eigenvalue weighted by molar-refractivity contribution is 6.05. The third kappa shape index (κ3) is 2.83. The van der Waals surface area contributed by atoms with E-state index < -0.39 is 5.97 Å². The summed E-state index contributed by atoms with van der Waals surface area (Å²) in [5.74, 6) is -0.955. The van der Waals surface area contributed by atoms with Crippen molar-refractivity contribution in [2.45, 2.75) is 25.9 Å². The van der Waals surface area contributed by atoms with Gasteiger partial charge in [-0.2, -0.15) is 0 Å². The van der Waals surface area contributed by atoms with Gasteiger partial charge in [-0.25, -0.2) is 4.79 Å². The fourth-order valence-corrected chi connectivity index (χ4v) is 2.72. The van der Waals surface area contributed by atoms with Crippen LogP contribution in [0.15, 0.2) is 24.3 Å². The van der Waals surface area contributed by atoms with Crippen LogP contribution in [0, 0.1) is 6.92 Å². The molecule has 0 spiro atoms. The van der Waals surface area contributed by atoms with E-state index in [1.165, 1.54) is 0 Å². The van der Waals surface area contributed by atoms with Gasteiger partial charge in [-0.3, -0.25) is 4.98 Å². The molecule has 1 fully saturated rings. The Bertz CT molecular complexity index is 679. The van der Waals surface area contributed by atoms with E-state index in [1.54, 1.807) is 12.1 Å². The van der Waals surface area contributed by atoms with Gasteiger partial charge in [0, 0.05) is 29.9 Å². The number of benzene rings is 1. The Morgan fingerprint density at radius 2 is 2.38 bits per heavy atom. The second-order valence-corrected chi connectivity index (χ2v) is 5.33. The monoisotopic (exact) mass is 286 g/mol. The second kappa shape index (κ2) is 5.69. The van der Waals surface area contributed by atoms with Crippen LogP contribution in [0.1, 0.15) is 28.9 Å². The summed E-state index contributed by atoms with van der Waals surface area (Å²) in [4.78, 5) is 15.7. The summed E-state index contributed by atoms with van der Waals surface area (Å²) < 4.78 is 5.61. The molecule has 1 aliphatic heterocycles. The van der Waals surface area contributed by atoms with Crippen molar-refractivity contribution in [1.82, 2.24) is 4.98 Å². The molecule has 1 saturated heterocycles. The van der Waals surface area contributed by atoms with Crippen molar-refractivity contribution in [3.05, 3.63) is 35.5 Å². The largest absolute Gasteiger partial charge is 0.478 e. The van der Waals surface area contributed by atoms with Crippen LogP contribution in [0.3, 0.4) is 0 Å². The molecule has 21 heavy (non-hydrogen) atoms. The van der Waals surface area contributed by atoms with Crippen LogP contribution in [-0.2, 0) is 4.74 Å². The van der Waals surface area contributed by atoms with Crippen molar-refractivity contribution in [1.29, 1.82) is 0 Å². The van der Waals surface area contributed by atoms with E-state index in [9.17, 15) is 9.90 Å². The van der Waals surface area contributed by atoms with Gasteiger partial charge in [0.2, 0.25) is 0 Å². The number of para-hydroxylation sites is 1. The van der Waals surface area contributed by atoms with E-state index >= 15 is 0 Å². The number of anilines is 1. The van der Waals surface area contributed by atoms with Crippen LogP contribution in [0.4, 0.5) is 5.69 Å². The normalized spacial score (nSPS) is 18.0. The van der Waals surface area contributed by atoms with E-state index in [-0.39, 0.29) is 11.7 Å². The average Bonchev–Trinajstić information content (AvgIpc) is 2.97. The Balaban J connectivity index is 1.97. The smallest absolute Gasteiger partial charge is 0.337 e. The number of rotatable bonds is 4. The van der Waals surface area contributed by atoms with Crippen molar-refractivity contribution < 1.29 is 14.6 Å². The lowest BCUT2D eigenvalue weighted by atomic mass is 10.1. The predicted molar refractivity (Wildman–Crippen MR) is 80.9 cm³/mol. The van der Waals surface area contributed by atoms with Crippen LogP contribution >= 0.6 is 0 Å². The molecule has 1 atom stereocenters. The standard InChI is InChI=1S/C16H18N2O3/c1-10-8-14(17-9-11-4-3-7-21-11)12-5-2-6-13(16(19)20)15(12)18-10/h2,5-6,8,11H,3-4,7,9H2,1H3,(H,17,18)(H,19,20). The van der Waals surface area contributed by atoms with E-state index in [2.05, 4.69) is 10.3 Å². The Kier molecular flexibility index (Phi) is 3.75. The fourth-order valence-electron chi connectivity index (χ4n) is 2.72. The number of aryl methyl sites for hydroxylation is 1. The van der Waals surface area contributed by atoms with Gasteiger partial charge in [-0.05, 0) is 31.9 Å². The molecule has 1 aliphatic rings. The number of carboxylic acid groups (broad SMARTS) is 1. The van der Waals surface area contributed by atoms with Gasteiger partial charge in [-0.1, -0.05) is 12.1 Å². The predicted octanol–water partition coefficient (Wildman–Crippen LogP) is 2.83. The van der Waals surface area contributed by atoms with E-state index in [0.717, 1.165) is 42.8 Å². The number of fused-ring (bicyclic) bond motifs is 1. The Morgan fingerprint density at radius 1 is 1.52 bits per heavy atom. The van der Waals surface area contributed by atoms with Gasteiger partial charge in [0.25, 0.3) is 0 Å². The summed E-state index contributed by atoms with van der Waals surface area (Å²) >= 11 is 0. The number of pyridine rings is 1. The van der Waals surface area contributed by atoms with Crippen molar-refractivity contribution in [3.8, 4) is 0 Å². The van der Waals surface area contributed by atoms with E-state index in [4.69, 9.17) is 4.74 Å². The van der Waals surface area contributed by atoms with Gasteiger partial charge >= 0.3 is 5.97 Å². The summed E-state index contributed by atoms with van der Waals surface area (Å²) in [6.07, 6.45) is 2.40. The Labute approximate surface area is 123 Å². The summed E-state index contributed by atoms with van der Waals surface area (Å²) in [5.41, 5.74) is 2.47. The fraction of sp³-hybridized carbons (Fsp3) is 0.375. The number of hydrogen-bond donors (Lipinski definition) is 2. The minimum Gasteiger partial charge on any atom is -0.478 e.